The van der Waals surface area contributed by atoms with E-state index >= 15 is 0 Å². The number of rotatable bonds is 4. The van der Waals surface area contributed by atoms with Gasteiger partial charge in [0.15, 0.2) is 0 Å². The molecule has 2 aromatic heterocycles. The number of benzene rings is 3. The lowest BCUT2D eigenvalue weighted by molar-refractivity contribution is 0.180. The fourth-order valence-electron chi connectivity index (χ4n) is 5.12. The monoisotopic (exact) mass is 487 g/mol. The zero-order valence-electron chi connectivity index (χ0n) is 21.0. The molecule has 6 rings (SSSR count). The van der Waals surface area contributed by atoms with Gasteiger partial charge >= 0.3 is 6.03 Å². The molecule has 0 spiro atoms. The summed E-state index contributed by atoms with van der Waals surface area (Å²) < 4.78 is 4.18. The highest BCUT2D eigenvalue weighted by atomic mass is 16.2. The van der Waals surface area contributed by atoms with Crippen molar-refractivity contribution in [2.75, 3.05) is 0 Å². The van der Waals surface area contributed by atoms with E-state index in [1.54, 1.807) is 0 Å². The average Bonchev–Trinajstić information content (AvgIpc) is 3.49. The first-order chi connectivity index (χ1) is 18.1. The molecule has 37 heavy (non-hydrogen) atoms. The SMILES string of the molecule is Cc1ccc([C@@H]2c3cccn3-c3c(c(C)nn3-c3ccccc3)CN2C(=O)NCc2ccccc2)cc1. The molecule has 3 heterocycles. The van der Waals surface area contributed by atoms with Crippen molar-refractivity contribution in [3.05, 3.63) is 137 Å². The molecule has 1 aliphatic rings. The Hall–Kier alpha value is -4.58. The van der Waals surface area contributed by atoms with Crippen molar-refractivity contribution >= 4 is 6.03 Å². The maximum Gasteiger partial charge on any atom is 0.318 e. The van der Waals surface area contributed by atoms with E-state index in [0.717, 1.165) is 39.6 Å². The van der Waals surface area contributed by atoms with E-state index < -0.39 is 0 Å². The molecule has 1 atom stereocenters. The highest BCUT2D eigenvalue weighted by molar-refractivity contribution is 5.76. The average molecular weight is 488 g/mol. The number of para-hydroxylation sites is 1. The summed E-state index contributed by atoms with van der Waals surface area (Å²) in [6, 6.07) is 32.4. The Balaban J connectivity index is 1.49. The number of nitrogens with one attached hydrogen (secondary N) is 1. The van der Waals surface area contributed by atoms with Gasteiger partial charge in [0.1, 0.15) is 5.82 Å². The van der Waals surface area contributed by atoms with Gasteiger partial charge in [-0.2, -0.15) is 5.10 Å². The second-order valence-corrected chi connectivity index (χ2v) is 9.52. The predicted octanol–water partition coefficient (Wildman–Crippen LogP) is 6.09. The summed E-state index contributed by atoms with van der Waals surface area (Å²) in [7, 11) is 0. The van der Waals surface area contributed by atoms with Crippen LogP contribution in [-0.4, -0.2) is 25.3 Å². The highest BCUT2D eigenvalue weighted by Gasteiger charge is 2.35. The number of carbonyl (C=O) groups excluding carboxylic acids is 1. The van der Waals surface area contributed by atoms with Gasteiger partial charge in [-0.05, 0) is 49.2 Å². The van der Waals surface area contributed by atoms with Crippen molar-refractivity contribution in [1.82, 2.24) is 24.6 Å². The first-order valence-electron chi connectivity index (χ1n) is 12.6. The first kappa shape index (κ1) is 22.9. The third kappa shape index (κ3) is 4.20. The molecule has 6 nitrogen and oxygen atoms in total. The van der Waals surface area contributed by atoms with Gasteiger partial charge in [-0.3, -0.25) is 0 Å². The molecule has 0 bridgehead atoms. The molecule has 0 saturated heterocycles. The van der Waals surface area contributed by atoms with Crippen LogP contribution < -0.4 is 5.32 Å². The number of aryl methyl sites for hydroxylation is 2. The fraction of sp³-hybridized carbons (Fsp3) is 0.161. The number of nitrogens with zero attached hydrogens (tertiary/aromatic N) is 4. The van der Waals surface area contributed by atoms with E-state index in [1.165, 1.54) is 5.56 Å². The molecule has 5 aromatic rings. The van der Waals surface area contributed by atoms with Gasteiger partial charge < -0.3 is 14.8 Å². The molecule has 0 saturated carbocycles. The summed E-state index contributed by atoms with van der Waals surface area (Å²) in [4.78, 5) is 15.8. The maximum absolute atomic E-state index is 13.9. The minimum atomic E-state index is -0.262. The summed E-state index contributed by atoms with van der Waals surface area (Å²) in [5, 5.41) is 8.09. The lowest BCUT2D eigenvalue weighted by Gasteiger charge is -2.31. The summed E-state index contributed by atoms with van der Waals surface area (Å²) in [6.07, 6.45) is 2.07. The van der Waals surface area contributed by atoms with Crippen LogP contribution in [0.2, 0.25) is 0 Å². The van der Waals surface area contributed by atoms with Gasteiger partial charge in [0.05, 0.1) is 29.7 Å². The second-order valence-electron chi connectivity index (χ2n) is 9.52. The largest absolute Gasteiger partial charge is 0.334 e. The van der Waals surface area contributed by atoms with Crippen LogP contribution in [-0.2, 0) is 13.1 Å². The van der Waals surface area contributed by atoms with Crippen LogP contribution in [0.5, 0.6) is 0 Å². The predicted molar refractivity (Wildman–Crippen MR) is 145 cm³/mol. The number of fused-ring (bicyclic) bond motifs is 3. The van der Waals surface area contributed by atoms with E-state index in [1.807, 2.05) is 71.1 Å². The minimum Gasteiger partial charge on any atom is -0.334 e. The van der Waals surface area contributed by atoms with Crippen molar-refractivity contribution in [1.29, 1.82) is 0 Å². The van der Waals surface area contributed by atoms with Crippen LogP contribution in [0.3, 0.4) is 0 Å². The van der Waals surface area contributed by atoms with Crippen molar-refractivity contribution in [2.45, 2.75) is 33.0 Å². The topological polar surface area (TPSA) is 55.1 Å². The summed E-state index contributed by atoms with van der Waals surface area (Å²) >= 11 is 0. The molecule has 1 aliphatic heterocycles. The molecule has 2 amide bonds. The summed E-state index contributed by atoms with van der Waals surface area (Å²) in [6.45, 7) is 5.01. The van der Waals surface area contributed by atoms with E-state index in [9.17, 15) is 4.79 Å². The normalized spacial score (nSPS) is 14.5. The first-order valence-corrected chi connectivity index (χ1v) is 12.6. The third-order valence-corrected chi connectivity index (χ3v) is 7.03. The quantitative estimate of drug-likeness (QED) is 0.333. The Morgan fingerprint density at radius 1 is 0.892 bits per heavy atom. The van der Waals surface area contributed by atoms with Crippen LogP contribution in [0, 0.1) is 13.8 Å². The van der Waals surface area contributed by atoms with Gasteiger partial charge in [-0.25, -0.2) is 9.48 Å². The van der Waals surface area contributed by atoms with E-state index in [4.69, 9.17) is 5.10 Å². The molecule has 0 radical (unpaired) electrons. The Bertz CT molecular complexity index is 1530. The molecular weight excluding hydrogens is 458 g/mol. The zero-order valence-corrected chi connectivity index (χ0v) is 21.0. The van der Waals surface area contributed by atoms with E-state index in [0.29, 0.717) is 13.1 Å². The lowest BCUT2D eigenvalue weighted by Crippen LogP contribution is -2.41. The molecule has 6 heteroatoms. The number of hydrogen-bond acceptors (Lipinski definition) is 2. The minimum absolute atomic E-state index is 0.109. The smallest absolute Gasteiger partial charge is 0.318 e. The number of amides is 2. The van der Waals surface area contributed by atoms with Gasteiger partial charge in [-0.15, -0.1) is 0 Å². The van der Waals surface area contributed by atoms with Crippen molar-refractivity contribution in [3.8, 4) is 11.5 Å². The van der Waals surface area contributed by atoms with Gasteiger partial charge in [0, 0.05) is 18.3 Å². The van der Waals surface area contributed by atoms with Crippen LogP contribution >= 0.6 is 0 Å². The van der Waals surface area contributed by atoms with Gasteiger partial charge in [-0.1, -0.05) is 78.4 Å². The Labute approximate surface area is 216 Å². The lowest BCUT2D eigenvalue weighted by atomic mass is 10.0. The van der Waals surface area contributed by atoms with Crippen molar-refractivity contribution in [2.24, 2.45) is 0 Å². The van der Waals surface area contributed by atoms with Gasteiger partial charge in [0.25, 0.3) is 0 Å². The van der Waals surface area contributed by atoms with Crippen LogP contribution in [0.1, 0.15) is 39.7 Å². The molecule has 184 valence electrons. The molecule has 0 aliphatic carbocycles. The zero-order chi connectivity index (χ0) is 25.4. The van der Waals surface area contributed by atoms with Crippen LogP contribution in [0.15, 0.2) is 103 Å². The van der Waals surface area contributed by atoms with E-state index in [-0.39, 0.29) is 12.1 Å². The standard InChI is InChI=1S/C31H29N5O/c1-22-15-17-25(18-16-22)29-28-14-9-19-34(28)30-27(23(2)33-36(30)26-12-7-4-8-13-26)21-35(29)31(37)32-20-24-10-5-3-6-11-24/h3-19,29H,20-21H2,1-2H3,(H,32,37)/t29-/m1/s1. The summed E-state index contributed by atoms with van der Waals surface area (Å²) in [5.41, 5.74) is 7.27. The Morgan fingerprint density at radius 2 is 1.59 bits per heavy atom. The number of hydrogen-bond donors (Lipinski definition) is 1. The molecule has 1 N–H and O–H groups in total. The molecular formula is C31H29N5O. The molecule has 3 aromatic carbocycles. The molecule has 0 fully saturated rings. The number of urea groups is 1. The second kappa shape index (κ2) is 9.47. The Kier molecular flexibility index (Phi) is 5.85. The fourth-order valence-corrected chi connectivity index (χ4v) is 5.12. The number of carbonyl (C=O) groups is 1. The van der Waals surface area contributed by atoms with Crippen molar-refractivity contribution < 1.29 is 4.79 Å². The van der Waals surface area contributed by atoms with Gasteiger partial charge in [0.2, 0.25) is 0 Å². The van der Waals surface area contributed by atoms with Crippen molar-refractivity contribution in [3.63, 3.8) is 0 Å². The highest BCUT2D eigenvalue weighted by Crippen LogP contribution is 2.38. The molecule has 0 unspecified atom stereocenters. The maximum atomic E-state index is 13.9. The van der Waals surface area contributed by atoms with Crippen LogP contribution in [0.25, 0.3) is 11.5 Å². The third-order valence-electron chi connectivity index (χ3n) is 7.03. The Morgan fingerprint density at radius 3 is 2.32 bits per heavy atom. The summed E-state index contributed by atoms with van der Waals surface area (Å²) in [5.74, 6) is 0.971. The van der Waals surface area contributed by atoms with E-state index in [2.05, 4.69) is 65.5 Å². The van der Waals surface area contributed by atoms with Crippen LogP contribution in [0.4, 0.5) is 4.79 Å². The number of aromatic nitrogens is 3.